The standard InChI is InChI=1S/C23H26N4O4S2/c28-22(16-26-11-3-5-20(26)23-25-19-4-1-2-6-21(19)32-23)24-17-7-9-18(10-8-17)33(29,30)27-12-14-31-15-13-27/h1-2,4,6-10,20H,3,5,11-16H2,(H,24,28)/t20-/m0/s1. The number of nitrogens with one attached hydrogen (secondary N) is 1. The predicted molar refractivity (Wildman–Crippen MR) is 128 cm³/mol. The average Bonchev–Trinajstić information content (AvgIpc) is 3.46. The molecular weight excluding hydrogens is 460 g/mol. The first kappa shape index (κ1) is 22.4. The number of morpholine rings is 1. The first-order valence-corrected chi connectivity index (χ1v) is 13.3. The van der Waals surface area contributed by atoms with Crippen LogP contribution < -0.4 is 5.32 Å². The Balaban J connectivity index is 1.22. The van der Waals surface area contributed by atoms with Crippen LogP contribution in [0.1, 0.15) is 23.9 Å². The van der Waals surface area contributed by atoms with Crippen molar-refractivity contribution >= 4 is 43.2 Å². The molecule has 2 fully saturated rings. The fourth-order valence-electron chi connectivity index (χ4n) is 4.36. The first-order chi connectivity index (χ1) is 16.0. The van der Waals surface area contributed by atoms with Crippen LogP contribution in [0.3, 0.4) is 0 Å². The maximum Gasteiger partial charge on any atom is 0.243 e. The summed E-state index contributed by atoms with van der Waals surface area (Å²) in [5.74, 6) is -0.119. The topological polar surface area (TPSA) is 91.8 Å². The van der Waals surface area contributed by atoms with Gasteiger partial charge in [-0.15, -0.1) is 11.3 Å². The molecule has 1 aromatic heterocycles. The van der Waals surface area contributed by atoms with Crippen molar-refractivity contribution < 1.29 is 17.9 Å². The van der Waals surface area contributed by atoms with E-state index in [1.165, 1.54) is 4.31 Å². The number of para-hydroxylation sites is 1. The number of benzene rings is 2. The number of hydrogen-bond acceptors (Lipinski definition) is 7. The van der Waals surface area contributed by atoms with Crippen LogP contribution in [0.5, 0.6) is 0 Å². The summed E-state index contributed by atoms with van der Waals surface area (Å²) >= 11 is 1.69. The minimum Gasteiger partial charge on any atom is -0.379 e. The van der Waals surface area contributed by atoms with Gasteiger partial charge >= 0.3 is 0 Å². The summed E-state index contributed by atoms with van der Waals surface area (Å²) in [6.45, 7) is 2.64. The number of aromatic nitrogens is 1. The van der Waals surface area contributed by atoms with Crippen LogP contribution in [0.2, 0.25) is 0 Å². The number of carbonyl (C=O) groups is 1. The molecule has 10 heteroatoms. The van der Waals surface area contributed by atoms with E-state index in [1.54, 1.807) is 35.6 Å². The molecule has 1 amide bonds. The van der Waals surface area contributed by atoms with Crippen LogP contribution in [0.25, 0.3) is 10.2 Å². The number of amides is 1. The fraction of sp³-hybridized carbons (Fsp3) is 0.391. The van der Waals surface area contributed by atoms with Crippen molar-refractivity contribution in [2.24, 2.45) is 0 Å². The molecule has 2 aromatic carbocycles. The van der Waals surface area contributed by atoms with Gasteiger partial charge in [0.05, 0.1) is 40.9 Å². The Labute approximate surface area is 197 Å². The van der Waals surface area contributed by atoms with Crippen molar-refractivity contribution in [3.05, 3.63) is 53.5 Å². The summed E-state index contributed by atoms with van der Waals surface area (Å²) in [4.78, 5) is 19.9. The zero-order valence-corrected chi connectivity index (χ0v) is 19.8. The van der Waals surface area contributed by atoms with Gasteiger partial charge < -0.3 is 10.1 Å². The quantitative estimate of drug-likeness (QED) is 0.576. The second-order valence-electron chi connectivity index (χ2n) is 8.24. The van der Waals surface area contributed by atoms with Crippen LogP contribution in [0.15, 0.2) is 53.4 Å². The van der Waals surface area contributed by atoms with E-state index in [0.717, 1.165) is 34.6 Å². The van der Waals surface area contributed by atoms with Gasteiger partial charge in [-0.25, -0.2) is 13.4 Å². The van der Waals surface area contributed by atoms with E-state index < -0.39 is 10.0 Å². The molecule has 3 aromatic rings. The number of rotatable bonds is 6. The highest BCUT2D eigenvalue weighted by Crippen LogP contribution is 2.36. The molecule has 0 bridgehead atoms. The number of sulfonamides is 1. The number of carbonyl (C=O) groups excluding carboxylic acids is 1. The Hall–Kier alpha value is -2.37. The lowest BCUT2D eigenvalue weighted by Crippen LogP contribution is -2.40. The zero-order chi connectivity index (χ0) is 22.8. The Morgan fingerprint density at radius 3 is 2.61 bits per heavy atom. The van der Waals surface area contributed by atoms with Gasteiger partial charge in [-0.2, -0.15) is 4.31 Å². The van der Waals surface area contributed by atoms with Crippen molar-refractivity contribution in [2.45, 2.75) is 23.8 Å². The summed E-state index contributed by atoms with van der Waals surface area (Å²) in [6.07, 6.45) is 2.02. The highest BCUT2D eigenvalue weighted by molar-refractivity contribution is 7.89. The Kier molecular flexibility index (Phi) is 6.44. The SMILES string of the molecule is O=C(CN1CCC[C@H]1c1nc2ccccc2s1)Nc1ccc(S(=O)(=O)N2CCOCC2)cc1. The molecule has 1 atom stereocenters. The fourth-order valence-corrected chi connectivity index (χ4v) is 6.90. The highest BCUT2D eigenvalue weighted by Gasteiger charge is 2.30. The summed E-state index contributed by atoms with van der Waals surface area (Å²) in [5, 5.41) is 3.95. The van der Waals surface area contributed by atoms with E-state index in [9.17, 15) is 13.2 Å². The molecule has 8 nitrogen and oxygen atoms in total. The van der Waals surface area contributed by atoms with Crippen LogP contribution in [-0.4, -0.2) is 67.9 Å². The molecule has 1 N–H and O–H groups in total. The minimum atomic E-state index is -3.55. The van der Waals surface area contributed by atoms with Crippen molar-refractivity contribution in [3.63, 3.8) is 0 Å². The monoisotopic (exact) mass is 486 g/mol. The number of ether oxygens (including phenoxy) is 1. The van der Waals surface area contributed by atoms with Crippen molar-refractivity contribution in [1.82, 2.24) is 14.2 Å². The summed E-state index contributed by atoms with van der Waals surface area (Å²) in [7, 11) is -3.55. The number of fused-ring (bicyclic) bond motifs is 1. The molecule has 2 saturated heterocycles. The molecular formula is C23H26N4O4S2. The minimum absolute atomic E-state index is 0.119. The first-order valence-electron chi connectivity index (χ1n) is 11.1. The molecule has 2 aliphatic rings. The molecule has 0 spiro atoms. The lowest BCUT2D eigenvalue weighted by atomic mass is 10.2. The van der Waals surface area contributed by atoms with Gasteiger partial charge in [0.2, 0.25) is 15.9 Å². The second-order valence-corrected chi connectivity index (χ2v) is 11.2. The number of hydrogen-bond donors (Lipinski definition) is 1. The Morgan fingerprint density at radius 2 is 1.85 bits per heavy atom. The van der Waals surface area contributed by atoms with E-state index in [0.29, 0.717) is 32.0 Å². The van der Waals surface area contributed by atoms with Gasteiger partial charge in [-0.3, -0.25) is 9.69 Å². The van der Waals surface area contributed by atoms with Crippen molar-refractivity contribution in [1.29, 1.82) is 0 Å². The number of nitrogens with zero attached hydrogens (tertiary/aromatic N) is 3. The molecule has 174 valence electrons. The summed E-state index contributed by atoms with van der Waals surface area (Å²) in [6, 6.07) is 14.6. The highest BCUT2D eigenvalue weighted by atomic mass is 32.2. The molecule has 2 aliphatic heterocycles. The lowest BCUT2D eigenvalue weighted by molar-refractivity contribution is -0.117. The summed E-state index contributed by atoms with van der Waals surface area (Å²) in [5.41, 5.74) is 1.58. The van der Waals surface area contributed by atoms with Gasteiger partial charge in [-0.1, -0.05) is 12.1 Å². The van der Waals surface area contributed by atoms with Crippen LogP contribution in [0.4, 0.5) is 5.69 Å². The van der Waals surface area contributed by atoms with E-state index >= 15 is 0 Å². The van der Waals surface area contributed by atoms with Crippen molar-refractivity contribution in [3.8, 4) is 0 Å². The maximum atomic E-state index is 12.8. The van der Waals surface area contributed by atoms with Crippen LogP contribution in [0, 0.1) is 0 Å². The van der Waals surface area contributed by atoms with Crippen LogP contribution in [-0.2, 0) is 19.6 Å². The molecule has 0 aliphatic carbocycles. The third kappa shape index (κ3) is 4.80. The number of anilines is 1. The van der Waals surface area contributed by atoms with E-state index in [4.69, 9.17) is 9.72 Å². The molecule has 0 saturated carbocycles. The number of thiazole rings is 1. The predicted octanol–water partition coefficient (Wildman–Crippen LogP) is 3.09. The zero-order valence-electron chi connectivity index (χ0n) is 18.1. The summed E-state index contributed by atoms with van der Waals surface area (Å²) < 4.78 is 33.3. The molecule has 3 heterocycles. The normalized spacial score (nSPS) is 20.3. The third-order valence-electron chi connectivity index (χ3n) is 6.05. The maximum absolute atomic E-state index is 12.8. The van der Waals surface area contributed by atoms with E-state index in [-0.39, 0.29) is 23.4 Å². The average molecular weight is 487 g/mol. The smallest absolute Gasteiger partial charge is 0.243 e. The Bertz CT molecular complexity index is 1200. The van der Waals surface area contributed by atoms with Crippen molar-refractivity contribution in [2.75, 3.05) is 44.7 Å². The second kappa shape index (κ2) is 9.47. The molecule has 0 radical (unpaired) electrons. The molecule has 33 heavy (non-hydrogen) atoms. The van der Waals surface area contributed by atoms with E-state index in [1.807, 2.05) is 18.2 Å². The van der Waals surface area contributed by atoms with Gasteiger partial charge in [0.1, 0.15) is 5.01 Å². The molecule has 0 unspecified atom stereocenters. The van der Waals surface area contributed by atoms with Crippen LogP contribution >= 0.6 is 11.3 Å². The lowest BCUT2D eigenvalue weighted by Gasteiger charge is -2.26. The van der Waals surface area contributed by atoms with E-state index in [2.05, 4.69) is 16.3 Å². The van der Waals surface area contributed by atoms with Gasteiger partial charge in [0.15, 0.2) is 0 Å². The van der Waals surface area contributed by atoms with Gasteiger partial charge in [0.25, 0.3) is 0 Å². The Morgan fingerprint density at radius 1 is 1.09 bits per heavy atom. The van der Waals surface area contributed by atoms with Gasteiger partial charge in [-0.05, 0) is 55.8 Å². The molecule has 5 rings (SSSR count). The number of likely N-dealkylation sites (tertiary alicyclic amines) is 1. The van der Waals surface area contributed by atoms with Gasteiger partial charge in [0, 0.05) is 18.8 Å². The largest absolute Gasteiger partial charge is 0.379 e. The third-order valence-corrected chi connectivity index (χ3v) is 9.10.